The lowest BCUT2D eigenvalue weighted by Gasteiger charge is -2.02. The molecule has 0 aliphatic heterocycles. The number of hydrogen-bond donors (Lipinski definition) is 1. The first kappa shape index (κ1) is 12.4. The minimum absolute atomic E-state index is 0.916. The molecular formula is C12H18N4S. The molecule has 0 atom stereocenters. The molecule has 92 valence electrons. The molecule has 0 spiro atoms. The molecule has 0 aromatic carbocycles. The summed E-state index contributed by atoms with van der Waals surface area (Å²) in [4.78, 5) is 0. The van der Waals surface area contributed by atoms with Crippen molar-refractivity contribution in [2.24, 2.45) is 0 Å². The van der Waals surface area contributed by atoms with Gasteiger partial charge in [-0.25, -0.2) is 0 Å². The van der Waals surface area contributed by atoms with Gasteiger partial charge in [0.25, 0.3) is 0 Å². The van der Waals surface area contributed by atoms with E-state index in [0.717, 1.165) is 36.1 Å². The fourth-order valence-corrected chi connectivity index (χ4v) is 2.44. The Labute approximate surface area is 106 Å². The molecule has 2 aromatic rings. The van der Waals surface area contributed by atoms with Crippen LogP contribution in [0.1, 0.15) is 19.8 Å². The predicted molar refractivity (Wildman–Crippen MR) is 71.5 cm³/mol. The zero-order valence-electron chi connectivity index (χ0n) is 10.1. The van der Waals surface area contributed by atoms with E-state index in [1.807, 2.05) is 28.8 Å². The van der Waals surface area contributed by atoms with Gasteiger partial charge in [-0.2, -0.15) is 0 Å². The standard InChI is InChI=1S/C12H18N4S/c1-2-7-13-8-5-10-17-12-15-14-11-6-3-4-9-16(11)12/h3-4,6,9,13H,2,5,7-8,10H2,1H3. The summed E-state index contributed by atoms with van der Waals surface area (Å²) in [6.45, 7) is 4.38. The summed E-state index contributed by atoms with van der Waals surface area (Å²) in [5.74, 6) is 1.08. The number of nitrogens with one attached hydrogen (secondary N) is 1. The van der Waals surface area contributed by atoms with E-state index >= 15 is 0 Å². The Bertz CT molecular complexity index is 454. The maximum atomic E-state index is 4.18. The molecule has 0 bridgehead atoms. The number of fused-ring (bicyclic) bond motifs is 1. The van der Waals surface area contributed by atoms with E-state index in [-0.39, 0.29) is 0 Å². The highest BCUT2D eigenvalue weighted by atomic mass is 32.2. The van der Waals surface area contributed by atoms with Crippen LogP contribution in [0.2, 0.25) is 0 Å². The van der Waals surface area contributed by atoms with Crippen molar-refractivity contribution in [1.82, 2.24) is 19.9 Å². The van der Waals surface area contributed by atoms with Gasteiger partial charge in [0, 0.05) is 11.9 Å². The van der Waals surface area contributed by atoms with Crippen LogP contribution in [0.15, 0.2) is 29.6 Å². The fourth-order valence-electron chi connectivity index (χ4n) is 1.58. The van der Waals surface area contributed by atoms with Crippen molar-refractivity contribution in [2.45, 2.75) is 24.9 Å². The molecule has 0 unspecified atom stereocenters. The number of rotatable bonds is 7. The van der Waals surface area contributed by atoms with Crippen molar-refractivity contribution in [3.63, 3.8) is 0 Å². The topological polar surface area (TPSA) is 42.2 Å². The number of thioether (sulfide) groups is 1. The van der Waals surface area contributed by atoms with Gasteiger partial charge in [-0.3, -0.25) is 4.40 Å². The SMILES string of the molecule is CCCNCCCSc1nnc2ccccn12. The van der Waals surface area contributed by atoms with Gasteiger partial charge in [0.1, 0.15) is 0 Å². The van der Waals surface area contributed by atoms with Crippen LogP contribution in [0, 0.1) is 0 Å². The zero-order chi connectivity index (χ0) is 11.9. The van der Waals surface area contributed by atoms with Crippen molar-refractivity contribution < 1.29 is 0 Å². The molecule has 0 saturated heterocycles. The molecule has 0 saturated carbocycles. The van der Waals surface area contributed by atoms with Crippen molar-refractivity contribution in [3.05, 3.63) is 24.4 Å². The van der Waals surface area contributed by atoms with Gasteiger partial charge >= 0.3 is 0 Å². The molecule has 0 aliphatic carbocycles. The molecule has 0 fully saturated rings. The summed E-state index contributed by atoms with van der Waals surface area (Å²) < 4.78 is 2.03. The summed E-state index contributed by atoms with van der Waals surface area (Å²) in [5.41, 5.74) is 0.916. The van der Waals surface area contributed by atoms with Crippen LogP contribution < -0.4 is 5.32 Å². The monoisotopic (exact) mass is 250 g/mol. The molecule has 0 radical (unpaired) electrons. The third-order valence-electron chi connectivity index (χ3n) is 2.44. The van der Waals surface area contributed by atoms with Crippen LogP contribution in [0.25, 0.3) is 5.65 Å². The largest absolute Gasteiger partial charge is 0.317 e. The molecular weight excluding hydrogens is 232 g/mol. The lowest BCUT2D eigenvalue weighted by atomic mass is 10.4. The van der Waals surface area contributed by atoms with E-state index in [4.69, 9.17) is 0 Å². The minimum atomic E-state index is 0.916. The van der Waals surface area contributed by atoms with E-state index in [0.29, 0.717) is 0 Å². The first-order valence-corrected chi connectivity index (χ1v) is 7.03. The number of hydrogen-bond acceptors (Lipinski definition) is 4. The van der Waals surface area contributed by atoms with E-state index in [2.05, 4.69) is 22.4 Å². The van der Waals surface area contributed by atoms with Crippen LogP contribution in [0.3, 0.4) is 0 Å². The van der Waals surface area contributed by atoms with Crippen molar-refractivity contribution in [3.8, 4) is 0 Å². The van der Waals surface area contributed by atoms with Gasteiger partial charge in [0.05, 0.1) is 0 Å². The third kappa shape index (κ3) is 3.44. The third-order valence-corrected chi connectivity index (χ3v) is 3.47. The molecule has 2 aromatic heterocycles. The van der Waals surface area contributed by atoms with Gasteiger partial charge in [0.2, 0.25) is 0 Å². The quantitative estimate of drug-likeness (QED) is 0.604. The van der Waals surface area contributed by atoms with E-state index in [9.17, 15) is 0 Å². The fraction of sp³-hybridized carbons (Fsp3) is 0.500. The molecule has 5 heteroatoms. The maximum absolute atomic E-state index is 4.18. The molecule has 1 N–H and O–H groups in total. The predicted octanol–water partition coefficient (Wildman–Crippen LogP) is 2.21. The Hall–Kier alpha value is -1.07. The van der Waals surface area contributed by atoms with E-state index in [1.54, 1.807) is 11.8 Å². The second kappa shape index (κ2) is 6.61. The molecule has 17 heavy (non-hydrogen) atoms. The molecule has 4 nitrogen and oxygen atoms in total. The average Bonchev–Trinajstić information content (AvgIpc) is 2.77. The lowest BCUT2D eigenvalue weighted by Crippen LogP contribution is -2.16. The van der Waals surface area contributed by atoms with Gasteiger partial charge < -0.3 is 5.32 Å². The van der Waals surface area contributed by atoms with Crippen LogP contribution in [0.5, 0.6) is 0 Å². The highest BCUT2D eigenvalue weighted by molar-refractivity contribution is 7.99. The second-order valence-electron chi connectivity index (χ2n) is 3.86. The Morgan fingerprint density at radius 3 is 3.12 bits per heavy atom. The Balaban J connectivity index is 1.79. The van der Waals surface area contributed by atoms with Gasteiger partial charge in [-0.1, -0.05) is 24.8 Å². The number of nitrogens with zero attached hydrogens (tertiary/aromatic N) is 3. The summed E-state index contributed by atoms with van der Waals surface area (Å²) in [7, 11) is 0. The minimum Gasteiger partial charge on any atom is -0.317 e. The van der Waals surface area contributed by atoms with Gasteiger partial charge in [-0.15, -0.1) is 10.2 Å². The normalized spacial score (nSPS) is 11.1. The highest BCUT2D eigenvalue weighted by Gasteiger charge is 2.03. The van der Waals surface area contributed by atoms with Crippen LogP contribution >= 0.6 is 11.8 Å². The van der Waals surface area contributed by atoms with E-state index in [1.165, 1.54) is 6.42 Å². The van der Waals surface area contributed by atoms with E-state index < -0.39 is 0 Å². The molecule has 0 aliphatic rings. The lowest BCUT2D eigenvalue weighted by molar-refractivity contribution is 0.664. The molecule has 2 rings (SSSR count). The summed E-state index contributed by atoms with van der Waals surface area (Å²) in [6, 6.07) is 5.95. The van der Waals surface area contributed by atoms with Gasteiger partial charge in [0.15, 0.2) is 10.8 Å². The van der Waals surface area contributed by atoms with Crippen molar-refractivity contribution >= 4 is 17.4 Å². The molecule has 2 heterocycles. The number of pyridine rings is 1. The summed E-state index contributed by atoms with van der Waals surface area (Å²) in [5, 5.41) is 12.7. The van der Waals surface area contributed by atoms with Crippen molar-refractivity contribution in [1.29, 1.82) is 0 Å². The smallest absolute Gasteiger partial charge is 0.195 e. The second-order valence-corrected chi connectivity index (χ2v) is 4.93. The summed E-state index contributed by atoms with van der Waals surface area (Å²) in [6.07, 6.45) is 4.36. The Morgan fingerprint density at radius 2 is 2.24 bits per heavy atom. The first-order valence-electron chi connectivity index (χ1n) is 6.05. The summed E-state index contributed by atoms with van der Waals surface area (Å²) >= 11 is 1.76. The maximum Gasteiger partial charge on any atom is 0.195 e. The van der Waals surface area contributed by atoms with Crippen LogP contribution in [0.4, 0.5) is 0 Å². The zero-order valence-corrected chi connectivity index (χ0v) is 10.9. The number of aromatic nitrogens is 3. The Kier molecular flexibility index (Phi) is 4.82. The average molecular weight is 250 g/mol. The van der Waals surface area contributed by atoms with Gasteiger partial charge in [-0.05, 0) is 38.1 Å². The Morgan fingerprint density at radius 1 is 1.29 bits per heavy atom. The van der Waals surface area contributed by atoms with Crippen molar-refractivity contribution in [2.75, 3.05) is 18.8 Å². The van der Waals surface area contributed by atoms with Crippen LogP contribution in [-0.2, 0) is 0 Å². The first-order chi connectivity index (χ1) is 8.42. The highest BCUT2D eigenvalue weighted by Crippen LogP contribution is 2.16. The van der Waals surface area contributed by atoms with Crippen LogP contribution in [-0.4, -0.2) is 33.4 Å². The molecule has 0 amide bonds.